The first kappa shape index (κ1) is 16.7. The second-order valence-corrected chi connectivity index (χ2v) is 7.37. The van der Waals surface area contributed by atoms with E-state index in [0.29, 0.717) is 24.5 Å². The first-order chi connectivity index (χ1) is 11.7. The molecule has 24 heavy (non-hydrogen) atoms. The molecule has 1 aromatic carbocycles. The summed E-state index contributed by atoms with van der Waals surface area (Å²) in [6, 6.07) is 11.5. The molecule has 0 atom stereocenters. The average Bonchev–Trinajstić information content (AvgIpc) is 3.19. The Morgan fingerprint density at radius 1 is 1.25 bits per heavy atom. The van der Waals surface area contributed by atoms with Crippen molar-refractivity contribution >= 4 is 34.3 Å². The van der Waals surface area contributed by atoms with Gasteiger partial charge in [-0.15, -0.1) is 22.7 Å². The van der Waals surface area contributed by atoms with Crippen molar-refractivity contribution < 1.29 is 9.53 Å². The minimum Gasteiger partial charge on any atom is -0.492 e. The Labute approximate surface area is 149 Å². The van der Waals surface area contributed by atoms with E-state index in [2.05, 4.69) is 10.3 Å². The fourth-order valence-corrected chi connectivity index (χ4v) is 4.14. The number of ether oxygens (including phenoxy) is 1. The van der Waals surface area contributed by atoms with Crippen molar-refractivity contribution in [2.45, 2.75) is 20.3 Å². The Morgan fingerprint density at radius 2 is 2.08 bits per heavy atom. The molecule has 0 unspecified atom stereocenters. The molecule has 1 amide bonds. The first-order valence-electron chi connectivity index (χ1n) is 7.69. The summed E-state index contributed by atoms with van der Waals surface area (Å²) in [5, 5.41) is 5.93. The smallest absolute Gasteiger partial charge is 0.229 e. The van der Waals surface area contributed by atoms with Crippen LogP contribution in [0.4, 0.5) is 5.69 Å². The highest BCUT2D eigenvalue weighted by atomic mass is 32.1. The molecule has 0 bridgehead atoms. The van der Waals surface area contributed by atoms with Crippen LogP contribution in [0.1, 0.15) is 16.8 Å². The van der Waals surface area contributed by atoms with Crippen LogP contribution in [-0.2, 0) is 11.2 Å². The van der Waals surface area contributed by atoms with Crippen LogP contribution in [0.5, 0.6) is 5.75 Å². The van der Waals surface area contributed by atoms with Crippen LogP contribution < -0.4 is 10.1 Å². The second kappa shape index (κ2) is 7.59. The minimum absolute atomic E-state index is 0.0661. The molecule has 3 aromatic rings. The zero-order valence-corrected chi connectivity index (χ0v) is 15.2. The number of amides is 1. The SMILES string of the molecule is CCOc1ccccc1NC(=O)Cc1sc(C)nc1-c1cccs1. The molecule has 0 fully saturated rings. The maximum Gasteiger partial charge on any atom is 0.229 e. The van der Waals surface area contributed by atoms with Gasteiger partial charge in [0.15, 0.2) is 0 Å². The van der Waals surface area contributed by atoms with E-state index in [-0.39, 0.29) is 5.91 Å². The molecule has 0 aliphatic carbocycles. The zero-order valence-electron chi connectivity index (χ0n) is 13.5. The molecular weight excluding hydrogens is 340 g/mol. The molecule has 0 saturated carbocycles. The Morgan fingerprint density at radius 3 is 2.83 bits per heavy atom. The summed E-state index contributed by atoms with van der Waals surface area (Å²) in [5.74, 6) is 0.621. The third-order valence-electron chi connectivity index (χ3n) is 3.34. The van der Waals surface area contributed by atoms with Gasteiger partial charge in [-0.05, 0) is 37.4 Å². The third kappa shape index (κ3) is 3.83. The predicted octanol–water partition coefficient (Wildman–Crippen LogP) is 4.76. The number of aromatic nitrogens is 1. The number of nitrogens with one attached hydrogen (secondary N) is 1. The molecule has 0 saturated heterocycles. The summed E-state index contributed by atoms with van der Waals surface area (Å²) in [6.45, 7) is 4.45. The number of aryl methyl sites for hydroxylation is 1. The van der Waals surface area contributed by atoms with Crippen LogP contribution in [0.25, 0.3) is 10.6 Å². The Balaban J connectivity index is 1.77. The summed E-state index contributed by atoms with van der Waals surface area (Å²) in [6.07, 6.45) is 0.305. The van der Waals surface area contributed by atoms with Gasteiger partial charge in [0.25, 0.3) is 0 Å². The lowest BCUT2D eigenvalue weighted by Crippen LogP contribution is -2.15. The molecule has 124 valence electrons. The summed E-state index contributed by atoms with van der Waals surface area (Å²) < 4.78 is 5.55. The van der Waals surface area contributed by atoms with Gasteiger partial charge in [-0.2, -0.15) is 0 Å². The summed E-state index contributed by atoms with van der Waals surface area (Å²) in [4.78, 5) is 19.2. The number of thiophene rings is 1. The van der Waals surface area contributed by atoms with Gasteiger partial charge in [-0.25, -0.2) is 4.98 Å². The third-order valence-corrected chi connectivity index (χ3v) is 5.19. The van der Waals surface area contributed by atoms with Gasteiger partial charge in [0.1, 0.15) is 5.75 Å². The van der Waals surface area contributed by atoms with Crippen LogP contribution >= 0.6 is 22.7 Å². The lowest BCUT2D eigenvalue weighted by atomic mass is 10.2. The second-order valence-electron chi connectivity index (χ2n) is 5.14. The van der Waals surface area contributed by atoms with E-state index in [1.54, 1.807) is 22.7 Å². The van der Waals surface area contributed by atoms with Crippen molar-refractivity contribution in [2.24, 2.45) is 0 Å². The maximum atomic E-state index is 12.5. The van der Waals surface area contributed by atoms with Crippen LogP contribution in [0.15, 0.2) is 41.8 Å². The molecule has 4 nitrogen and oxygen atoms in total. The fraction of sp³-hybridized carbons (Fsp3) is 0.222. The molecule has 0 spiro atoms. The number of benzene rings is 1. The summed E-state index contributed by atoms with van der Waals surface area (Å²) in [5.41, 5.74) is 1.61. The van der Waals surface area contributed by atoms with Gasteiger partial charge in [0, 0.05) is 4.88 Å². The van der Waals surface area contributed by atoms with E-state index >= 15 is 0 Å². The summed E-state index contributed by atoms with van der Waals surface area (Å²) >= 11 is 3.21. The number of thiazole rings is 1. The first-order valence-corrected chi connectivity index (χ1v) is 9.39. The highest BCUT2D eigenvalue weighted by Gasteiger charge is 2.16. The lowest BCUT2D eigenvalue weighted by Gasteiger charge is -2.11. The van der Waals surface area contributed by atoms with Crippen molar-refractivity contribution in [3.8, 4) is 16.3 Å². The quantitative estimate of drug-likeness (QED) is 0.691. The maximum absolute atomic E-state index is 12.5. The van der Waals surface area contributed by atoms with Crippen LogP contribution in [0, 0.1) is 6.92 Å². The van der Waals surface area contributed by atoms with Crippen molar-refractivity contribution in [3.05, 3.63) is 51.7 Å². The topological polar surface area (TPSA) is 51.2 Å². The van der Waals surface area contributed by atoms with E-state index in [9.17, 15) is 4.79 Å². The van der Waals surface area contributed by atoms with Gasteiger partial charge in [0.05, 0.1) is 34.3 Å². The highest BCUT2D eigenvalue weighted by Crippen LogP contribution is 2.32. The van der Waals surface area contributed by atoms with E-state index in [0.717, 1.165) is 20.5 Å². The number of rotatable bonds is 6. The van der Waals surface area contributed by atoms with Gasteiger partial charge >= 0.3 is 0 Å². The summed E-state index contributed by atoms with van der Waals surface area (Å²) in [7, 11) is 0. The molecule has 3 rings (SSSR count). The molecule has 0 radical (unpaired) electrons. The zero-order chi connectivity index (χ0) is 16.9. The van der Waals surface area contributed by atoms with Crippen LogP contribution in [-0.4, -0.2) is 17.5 Å². The largest absolute Gasteiger partial charge is 0.492 e. The molecule has 0 aliphatic rings. The standard InChI is InChI=1S/C18H18N2O2S2/c1-3-22-14-8-5-4-7-13(14)20-17(21)11-16-18(19-12(2)24-16)15-9-6-10-23-15/h4-10H,3,11H2,1-2H3,(H,20,21). The van der Waals surface area contributed by atoms with Crippen molar-refractivity contribution in [1.82, 2.24) is 4.98 Å². The number of hydrogen-bond donors (Lipinski definition) is 1. The molecule has 2 aromatic heterocycles. The molecule has 2 heterocycles. The number of carbonyl (C=O) groups excluding carboxylic acids is 1. The molecule has 6 heteroatoms. The number of para-hydroxylation sites is 2. The minimum atomic E-state index is -0.0661. The van der Waals surface area contributed by atoms with E-state index in [1.165, 1.54) is 0 Å². The number of nitrogens with zero attached hydrogens (tertiary/aromatic N) is 1. The van der Waals surface area contributed by atoms with E-state index in [4.69, 9.17) is 4.74 Å². The number of anilines is 1. The predicted molar refractivity (Wildman–Crippen MR) is 100 cm³/mol. The molecule has 1 N–H and O–H groups in total. The van der Waals surface area contributed by atoms with Crippen molar-refractivity contribution in [2.75, 3.05) is 11.9 Å². The van der Waals surface area contributed by atoms with Gasteiger partial charge in [0.2, 0.25) is 5.91 Å². The van der Waals surface area contributed by atoms with E-state index < -0.39 is 0 Å². The lowest BCUT2D eigenvalue weighted by molar-refractivity contribution is -0.115. The van der Waals surface area contributed by atoms with Crippen molar-refractivity contribution in [3.63, 3.8) is 0 Å². The van der Waals surface area contributed by atoms with Crippen LogP contribution in [0.3, 0.4) is 0 Å². The van der Waals surface area contributed by atoms with E-state index in [1.807, 2.05) is 55.6 Å². The van der Waals surface area contributed by atoms with Crippen molar-refractivity contribution in [1.29, 1.82) is 0 Å². The number of carbonyl (C=O) groups is 1. The van der Waals surface area contributed by atoms with Gasteiger partial charge in [-0.1, -0.05) is 18.2 Å². The number of hydrogen-bond acceptors (Lipinski definition) is 5. The highest BCUT2D eigenvalue weighted by molar-refractivity contribution is 7.15. The van der Waals surface area contributed by atoms with Crippen LogP contribution in [0.2, 0.25) is 0 Å². The van der Waals surface area contributed by atoms with Gasteiger partial charge < -0.3 is 10.1 Å². The Hall–Kier alpha value is -2.18. The molecular formula is C18H18N2O2S2. The Bertz CT molecular complexity index is 825. The Kier molecular flexibility index (Phi) is 5.27. The monoisotopic (exact) mass is 358 g/mol. The molecule has 0 aliphatic heterocycles. The fourth-order valence-electron chi connectivity index (χ4n) is 2.39. The normalized spacial score (nSPS) is 10.6. The average molecular weight is 358 g/mol. The van der Waals surface area contributed by atoms with Gasteiger partial charge in [-0.3, -0.25) is 4.79 Å².